The van der Waals surface area contributed by atoms with Crippen LogP contribution in [0.4, 0.5) is 23.1 Å². The zero-order valence-electron chi connectivity index (χ0n) is 17.8. The van der Waals surface area contributed by atoms with Crippen LogP contribution in [0.2, 0.25) is 0 Å². The van der Waals surface area contributed by atoms with Crippen LogP contribution in [0.15, 0.2) is 35.4 Å². The van der Waals surface area contributed by atoms with Gasteiger partial charge in [-0.05, 0) is 43.9 Å². The normalized spacial score (nSPS) is 17.7. The fourth-order valence-electron chi connectivity index (χ4n) is 4.79. The second-order valence-electron chi connectivity index (χ2n) is 8.61. The molecule has 31 heavy (non-hydrogen) atoms. The highest BCUT2D eigenvalue weighted by Crippen LogP contribution is 2.31. The van der Waals surface area contributed by atoms with Crippen LogP contribution in [0.3, 0.4) is 0 Å². The van der Waals surface area contributed by atoms with E-state index in [4.69, 9.17) is 5.73 Å². The summed E-state index contributed by atoms with van der Waals surface area (Å²) in [6.45, 7) is 2.17. The van der Waals surface area contributed by atoms with Crippen LogP contribution < -0.4 is 21.5 Å². The number of nitrogen functional groups attached to an aromatic ring is 1. The molecule has 162 valence electrons. The maximum Gasteiger partial charge on any atom is 0.275 e. The van der Waals surface area contributed by atoms with Crippen LogP contribution in [0.5, 0.6) is 0 Å². The van der Waals surface area contributed by atoms with E-state index in [9.17, 15) is 4.79 Å². The number of aromatic nitrogens is 4. The SMILES string of the molecule is Nc1cc2cnc(Nc3ccc(N4CCCCCC4)cn3)nc2n(C2CCCC2)c1=O. The monoisotopic (exact) mass is 419 g/mol. The first-order chi connectivity index (χ1) is 15.2. The van der Waals surface area contributed by atoms with Crippen molar-refractivity contribution in [2.45, 2.75) is 57.4 Å². The third kappa shape index (κ3) is 4.06. The lowest BCUT2D eigenvalue weighted by atomic mass is 10.2. The third-order valence-corrected chi connectivity index (χ3v) is 6.45. The van der Waals surface area contributed by atoms with Gasteiger partial charge in [-0.2, -0.15) is 4.98 Å². The van der Waals surface area contributed by atoms with Gasteiger partial charge in [0.25, 0.3) is 5.56 Å². The maximum atomic E-state index is 12.8. The molecule has 0 amide bonds. The van der Waals surface area contributed by atoms with Crippen LogP contribution in [-0.4, -0.2) is 32.6 Å². The Kier molecular flexibility index (Phi) is 5.44. The van der Waals surface area contributed by atoms with Gasteiger partial charge in [-0.15, -0.1) is 0 Å². The van der Waals surface area contributed by atoms with Crippen molar-refractivity contribution >= 4 is 34.2 Å². The van der Waals surface area contributed by atoms with Crippen molar-refractivity contribution in [2.75, 3.05) is 29.0 Å². The Morgan fingerprint density at radius 1 is 0.968 bits per heavy atom. The van der Waals surface area contributed by atoms with Gasteiger partial charge in [-0.25, -0.2) is 9.97 Å². The van der Waals surface area contributed by atoms with E-state index < -0.39 is 0 Å². The molecule has 0 aromatic carbocycles. The average Bonchev–Trinajstić information content (AvgIpc) is 3.17. The number of pyridine rings is 2. The molecule has 3 aromatic heterocycles. The van der Waals surface area contributed by atoms with Crippen molar-refractivity contribution in [3.8, 4) is 0 Å². The van der Waals surface area contributed by atoms with E-state index in [1.54, 1.807) is 16.8 Å². The van der Waals surface area contributed by atoms with Crippen LogP contribution in [-0.2, 0) is 0 Å². The molecule has 0 spiro atoms. The smallest absolute Gasteiger partial charge is 0.275 e. The van der Waals surface area contributed by atoms with Gasteiger partial charge in [0.15, 0.2) is 0 Å². The third-order valence-electron chi connectivity index (χ3n) is 6.45. The first kappa shape index (κ1) is 19.8. The fourth-order valence-corrected chi connectivity index (χ4v) is 4.79. The molecular weight excluding hydrogens is 390 g/mol. The van der Waals surface area contributed by atoms with Crippen molar-refractivity contribution in [3.05, 3.63) is 40.9 Å². The molecule has 1 saturated heterocycles. The van der Waals surface area contributed by atoms with E-state index in [1.807, 2.05) is 12.3 Å². The van der Waals surface area contributed by atoms with Crippen LogP contribution in [0, 0.1) is 0 Å². The molecule has 0 atom stereocenters. The molecule has 8 nitrogen and oxygen atoms in total. The van der Waals surface area contributed by atoms with Crippen LogP contribution in [0.25, 0.3) is 11.0 Å². The second kappa shape index (κ2) is 8.53. The van der Waals surface area contributed by atoms with Crippen molar-refractivity contribution in [1.82, 2.24) is 19.5 Å². The molecule has 8 heteroatoms. The van der Waals surface area contributed by atoms with Crippen molar-refractivity contribution in [1.29, 1.82) is 0 Å². The summed E-state index contributed by atoms with van der Waals surface area (Å²) in [5.74, 6) is 1.11. The first-order valence-electron chi connectivity index (χ1n) is 11.3. The van der Waals surface area contributed by atoms with Gasteiger partial charge in [-0.1, -0.05) is 25.7 Å². The molecule has 2 fully saturated rings. The summed E-state index contributed by atoms with van der Waals surface area (Å²) < 4.78 is 1.76. The molecule has 5 rings (SSSR count). The summed E-state index contributed by atoms with van der Waals surface area (Å²) in [5.41, 5.74) is 7.84. The lowest BCUT2D eigenvalue weighted by Gasteiger charge is -2.22. The molecule has 3 aromatic rings. The minimum Gasteiger partial charge on any atom is -0.394 e. The number of nitrogens with one attached hydrogen (secondary N) is 1. The quantitative estimate of drug-likeness (QED) is 0.659. The van der Waals surface area contributed by atoms with Gasteiger partial charge in [0, 0.05) is 30.7 Å². The minimum absolute atomic E-state index is 0.146. The van der Waals surface area contributed by atoms with Crippen LogP contribution in [0.1, 0.15) is 57.4 Å². The highest BCUT2D eigenvalue weighted by Gasteiger charge is 2.22. The topological polar surface area (TPSA) is 102 Å². The van der Waals surface area contributed by atoms with Gasteiger partial charge in [0.05, 0.1) is 17.6 Å². The molecule has 1 aliphatic carbocycles. The summed E-state index contributed by atoms with van der Waals surface area (Å²) in [7, 11) is 0. The van der Waals surface area contributed by atoms with Crippen molar-refractivity contribution in [3.63, 3.8) is 0 Å². The molecule has 0 bridgehead atoms. The Morgan fingerprint density at radius 3 is 2.45 bits per heavy atom. The summed E-state index contributed by atoms with van der Waals surface area (Å²) in [6, 6.07) is 5.87. The van der Waals surface area contributed by atoms with E-state index in [1.165, 1.54) is 25.7 Å². The largest absolute Gasteiger partial charge is 0.394 e. The predicted molar refractivity (Wildman–Crippen MR) is 124 cm³/mol. The summed E-state index contributed by atoms with van der Waals surface area (Å²) >= 11 is 0. The predicted octanol–water partition coefficient (Wildman–Crippen LogP) is 4.01. The Morgan fingerprint density at radius 2 is 1.74 bits per heavy atom. The number of hydrogen-bond acceptors (Lipinski definition) is 7. The zero-order chi connectivity index (χ0) is 21.2. The molecular formula is C23H29N7O. The lowest BCUT2D eigenvalue weighted by molar-refractivity contribution is 0.517. The Bertz CT molecular complexity index is 1110. The Labute approximate surface area is 181 Å². The molecule has 0 unspecified atom stereocenters. The average molecular weight is 420 g/mol. The molecule has 4 heterocycles. The summed E-state index contributed by atoms with van der Waals surface area (Å²) in [6.07, 6.45) is 12.9. The maximum absolute atomic E-state index is 12.8. The number of rotatable bonds is 4. The standard InChI is InChI=1S/C23H29N7O/c24-19-13-16-14-26-23(28-21(16)30(22(19)31)17-7-3-4-8-17)27-20-10-9-18(15-25-20)29-11-5-1-2-6-12-29/h9-10,13-15,17H,1-8,11-12,24H2,(H,25,26,27,28). The highest BCUT2D eigenvalue weighted by molar-refractivity contribution is 5.79. The van der Waals surface area contributed by atoms with Crippen molar-refractivity contribution < 1.29 is 0 Å². The molecule has 1 saturated carbocycles. The number of nitrogens with two attached hydrogens (primary N) is 1. The zero-order valence-corrected chi connectivity index (χ0v) is 17.8. The van der Waals surface area contributed by atoms with Gasteiger partial charge in [-0.3, -0.25) is 9.36 Å². The second-order valence-corrected chi connectivity index (χ2v) is 8.61. The van der Waals surface area contributed by atoms with E-state index in [0.29, 0.717) is 17.4 Å². The van der Waals surface area contributed by atoms with Crippen molar-refractivity contribution in [2.24, 2.45) is 0 Å². The summed E-state index contributed by atoms with van der Waals surface area (Å²) in [4.78, 5) is 28.9. The van der Waals surface area contributed by atoms with Gasteiger partial charge < -0.3 is 16.0 Å². The van der Waals surface area contributed by atoms with Crippen LogP contribution >= 0.6 is 0 Å². The fraction of sp³-hybridized carbons (Fsp3) is 0.478. The molecule has 3 N–H and O–H groups in total. The van der Waals surface area contributed by atoms with E-state index in [0.717, 1.165) is 49.8 Å². The Hall–Kier alpha value is -3.16. The van der Waals surface area contributed by atoms with E-state index in [2.05, 4.69) is 31.2 Å². The van der Waals surface area contributed by atoms with Gasteiger partial charge in [0.1, 0.15) is 11.5 Å². The number of anilines is 4. The first-order valence-corrected chi connectivity index (χ1v) is 11.3. The lowest BCUT2D eigenvalue weighted by Crippen LogP contribution is -2.27. The minimum atomic E-state index is -0.163. The summed E-state index contributed by atoms with van der Waals surface area (Å²) in [5, 5.41) is 3.97. The molecule has 2 aliphatic rings. The number of fused-ring (bicyclic) bond motifs is 1. The number of hydrogen-bond donors (Lipinski definition) is 2. The van der Waals surface area contributed by atoms with Gasteiger partial charge in [0.2, 0.25) is 5.95 Å². The van der Waals surface area contributed by atoms with Gasteiger partial charge >= 0.3 is 0 Å². The Balaban J connectivity index is 1.42. The van der Waals surface area contributed by atoms with E-state index >= 15 is 0 Å². The molecule has 1 aliphatic heterocycles. The highest BCUT2D eigenvalue weighted by atomic mass is 16.1. The molecule has 0 radical (unpaired) electrons. The van der Waals surface area contributed by atoms with E-state index in [-0.39, 0.29) is 17.3 Å². The number of nitrogens with zero attached hydrogens (tertiary/aromatic N) is 5.